The zero-order valence-corrected chi connectivity index (χ0v) is 11.3. The molecule has 2 N–H and O–H groups in total. The van der Waals surface area contributed by atoms with Crippen molar-refractivity contribution in [2.24, 2.45) is 5.73 Å². The van der Waals surface area contributed by atoms with Crippen LogP contribution in [0.3, 0.4) is 0 Å². The van der Waals surface area contributed by atoms with Gasteiger partial charge in [0.05, 0.1) is 11.3 Å². The molecule has 0 amide bonds. The lowest BCUT2D eigenvalue weighted by Gasteiger charge is -2.24. The normalized spacial score (nSPS) is 26.4. The first-order chi connectivity index (χ1) is 8.22. The topological polar surface area (TPSA) is 64.9 Å². The fraction of sp³-hybridized carbons (Fsp3) is 0.636. The molecule has 1 aromatic rings. The van der Waals surface area contributed by atoms with E-state index in [1.54, 1.807) is 0 Å². The van der Waals surface area contributed by atoms with Crippen molar-refractivity contribution in [1.82, 2.24) is 10.1 Å². The standard InChI is InChI=1S/C11H15N3OS2/c1-3-4-8(12)11-13-10(14-15-11)9-7(2)16-5-6-17-9/h1,7-9H,4-6,12H2,2H3. The summed E-state index contributed by atoms with van der Waals surface area (Å²) in [7, 11) is 0. The number of hydrogen-bond donors (Lipinski definition) is 1. The van der Waals surface area contributed by atoms with Crippen LogP contribution < -0.4 is 5.73 Å². The third-order valence-corrected chi connectivity index (χ3v) is 5.64. The maximum atomic E-state index is 5.83. The van der Waals surface area contributed by atoms with Crippen molar-refractivity contribution in [3.63, 3.8) is 0 Å². The van der Waals surface area contributed by atoms with Crippen LogP contribution in [-0.2, 0) is 0 Å². The summed E-state index contributed by atoms with van der Waals surface area (Å²) < 4.78 is 5.18. The molecule has 3 atom stereocenters. The Labute approximate surface area is 109 Å². The number of nitrogens with zero attached hydrogens (tertiary/aromatic N) is 2. The molecule has 0 aromatic carbocycles. The molecule has 1 saturated heterocycles. The summed E-state index contributed by atoms with van der Waals surface area (Å²) in [5.74, 6) is 6.00. The molecule has 1 aromatic heterocycles. The molecule has 6 heteroatoms. The number of aromatic nitrogens is 2. The van der Waals surface area contributed by atoms with Crippen LogP contribution in [0.25, 0.3) is 0 Å². The highest BCUT2D eigenvalue weighted by molar-refractivity contribution is 8.06. The fourth-order valence-corrected chi connectivity index (χ4v) is 4.32. The zero-order valence-electron chi connectivity index (χ0n) is 9.63. The molecule has 2 rings (SSSR count). The SMILES string of the molecule is C#CCC(N)c1nc(C2SCCSC2C)no1. The van der Waals surface area contributed by atoms with Gasteiger partial charge in [-0.2, -0.15) is 16.7 Å². The number of terminal acetylenes is 1. The van der Waals surface area contributed by atoms with Crippen molar-refractivity contribution < 1.29 is 4.52 Å². The molecule has 1 aliphatic rings. The first-order valence-electron chi connectivity index (χ1n) is 5.48. The lowest BCUT2D eigenvalue weighted by molar-refractivity contribution is 0.352. The molecule has 92 valence electrons. The van der Waals surface area contributed by atoms with E-state index in [-0.39, 0.29) is 6.04 Å². The second kappa shape index (κ2) is 5.80. The van der Waals surface area contributed by atoms with Gasteiger partial charge in [0.1, 0.15) is 0 Å². The molecule has 0 saturated carbocycles. The number of nitrogens with two attached hydrogens (primary N) is 1. The Balaban J connectivity index is 2.09. The van der Waals surface area contributed by atoms with E-state index in [4.69, 9.17) is 16.7 Å². The summed E-state index contributed by atoms with van der Waals surface area (Å²) >= 11 is 3.82. The summed E-state index contributed by atoms with van der Waals surface area (Å²) in [5.41, 5.74) is 5.83. The minimum absolute atomic E-state index is 0.296. The Hall–Kier alpha value is -0.640. The zero-order chi connectivity index (χ0) is 12.3. The van der Waals surface area contributed by atoms with Crippen molar-refractivity contribution >= 4 is 23.5 Å². The smallest absolute Gasteiger partial charge is 0.244 e. The maximum Gasteiger partial charge on any atom is 0.244 e. The van der Waals surface area contributed by atoms with Crippen LogP contribution in [-0.4, -0.2) is 26.9 Å². The molecule has 0 bridgehead atoms. The maximum absolute atomic E-state index is 5.83. The molecule has 3 unspecified atom stereocenters. The summed E-state index contributed by atoms with van der Waals surface area (Å²) in [6, 6.07) is -0.349. The van der Waals surface area contributed by atoms with E-state index in [0.717, 1.165) is 11.6 Å². The Morgan fingerprint density at radius 1 is 1.59 bits per heavy atom. The van der Waals surface area contributed by atoms with Crippen molar-refractivity contribution in [3.8, 4) is 12.3 Å². The molecule has 1 aliphatic heterocycles. The Kier molecular flexibility index (Phi) is 4.37. The summed E-state index contributed by atoms with van der Waals surface area (Å²) in [5, 5.41) is 4.82. The van der Waals surface area contributed by atoms with Crippen LogP contribution in [0, 0.1) is 12.3 Å². The van der Waals surface area contributed by atoms with Crippen LogP contribution in [0.15, 0.2) is 4.52 Å². The quantitative estimate of drug-likeness (QED) is 0.847. The molecule has 0 radical (unpaired) electrons. The Morgan fingerprint density at radius 2 is 2.35 bits per heavy atom. The second-order valence-corrected chi connectivity index (χ2v) is 6.61. The van der Waals surface area contributed by atoms with Gasteiger partial charge in [0, 0.05) is 23.2 Å². The lowest BCUT2D eigenvalue weighted by Crippen LogP contribution is -2.17. The number of thioether (sulfide) groups is 2. The summed E-state index contributed by atoms with van der Waals surface area (Å²) in [6.07, 6.45) is 5.63. The first kappa shape index (κ1) is 12.8. The highest BCUT2D eigenvalue weighted by Gasteiger charge is 2.29. The highest BCUT2D eigenvalue weighted by Crippen LogP contribution is 2.41. The fourth-order valence-electron chi connectivity index (χ4n) is 1.64. The molecule has 0 spiro atoms. The third-order valence-electron chi connectivity index (χ3n) is 2.55. The van der Waals surface area contributed by atoms with E-state index in [0.29, 0.717) is 22.8 Å². The van der Waals surface area contributed by atoms with Gasteiger partial charge < -0.3 is 10.3 Å². The molecule has 17 heavy (non-hydrogen) atoms. The van der Waals surface area contributed by atoms with E-state index in [1.807, 2.05) is 23.5 Å². The van der Waals surface area contributed by atoms with Gasteiger partial charge in [-0.3, -0.25) is 0 Å². The van der Waals surface area contributed by atoms with Crippen LogP contribution in [0.4, 0.5) is 0 Å². The van der Waals surface area contributed by atoms with Crippen molar-refractivity contribution in [1.29, 1.82) is 0 Å². The first-order valence-corrected chi connectivity index (χ1v) is 7.58. The van der Waals surface area contributed by atoms with Gasteiger partial charge >= 0.3 is 0 Å². The Bertz CT molecular complexity index is 415. The monoisotopic (exact) mass is 269 g/mol. The number of rotatable bonds is 3. The molecular formula is C11H15N3OS2. The van der Waals surface area contributed by atoms with Gasteiger partial charge in [-0.05, 0) is 0 Å². The van der Waals surface area contributed by atoms with Crippen molar-refractivity contribution in [2.45, 2.75) is 29.9 Å². The predicted octanol–water partition coefficient (Wildman–Crippen LogP) is 2.00. The van der Waals surface area contributed by atoms with E-state index >= 15 is 0 Å². The molecule has 2 heterocycles. The van der Waals surface area contributed by atoms with Gasteiger partial charge in [0.15, 0.2) is 5.82 Å². The Morgan fingerprint density at radius 3 is 3.06 bits per heavy atom. The molecule has 4 nitrogen and oxygen atoms in total. The van der Waals surface area contributed by atoms with Crippen LogP contribution in [0.1, 0.15) is 36.4 Å². The second-order valence-electron chi connectivity index (χ2n) is 3.87. The molecular weight excluding hydrogens is 254 g/mol. The average molecular weight is 269 g/mol. The van der Waals surface area contributed by atoms with Crippen molar-refractivity contribution in [3.05, 3.63) is 11.7 Å². The van der Waals surface area contributed by atoms with Gasteiger partial charge in [-0.15, -0.1) is 24.1 Å². The van der Waals surface area contributed by atoms with Crippen LogP contribution in [0.5, 0.6) is 0 Å². The van der Waals surface area contributed by atoms with E-state index in [2.05, 4.69) is 23.0 Å². The van der Waals surface area contributed by atoms with E-state index in [1.165, 1.54) is 5.75 Å². The van der Waals surface area contributed by atoms with Gasteiger partial charge in [0.2, 0.25) is 5.89 Å². The van der Waals surface area contributed by atoms with E-state index in [9.17, 15) is 0 Å². The van der Waals surface area contributed by atoms with Gasteiger partial charge in [0.25, 0.3) is 0 Å². The minimum Gasteiger partial charge on any atom is -0.338 e. The van der Waals surface area contributed by atoms with Gasteiger partial charge in [-0.1, -0.05) is 12.1 Å². The summed E-state index contributed by atoms with van der Waals surface area (Å²) in [4.78, 5) is 4.37. The molecule has 1 fully saturated rings. The largest absolute Gasteiger partial charge is 0.338 e. The van der Waals surface area contributed by atoms with Crippen LogP contribution >= 0.6 is 23.5 Å². The van der Waals surface area contributed by atoms with Crippen molar-refractivity contribution in [2.75, 3.05) is 11.5 Å². The van der Waals surface area contributed by atoms with Crippen LogP contribution in [0.2, 0.25) is 0 Å². The minimum atomic E-state index is -0.349. The summed E-state index contributed by atoms with van der Waals surface area (Å²) in [6.45, 7) is 2.19. The highest BCUT2D eigenvalue weighted by atomic mass is 32.2. The average Bonchev–Trinajstić information content (AvgIpc) is 2.79. The predicted molar refractivity (Wildman–Crippen MR) is 71.8 cm³/mol. The third kappa shape index (κ3) is 2.97. The van der Waals surface area contributed by atoms with E-state index < -0.39 is 0 Å². The molecule has 0 aliphatic carbocycles. The van der Waals surface area contributed by atoms with Gasteiger partial charge in [-0.25, -0.2) is 0 Å². The lowest BCUT2D eigenvalue weighted by atomic mass is 10.2. The number of hydrogen-bond acceptors (Lipinski definition) is 6.